The summed E-state index contributed by atoms with van der Waals surface area (Å²) in [4.78, 5) is 14.9. The first-order valence-electron chi connectivity index (χ1n) is 9.63. The molecule has 1 amide bonds. The molecule has 1 atom stereocenters. The maximum atomic E-state index is 12.7. The molecule has 28 heavy (non-hydrogen) atoms. The second kappa shape index (κ2) is 8.17. The van der Waals surface area contributed by atoms with Crippen molar-refractivity contribution in [3.63, 3.8) is 0 Å². The molecular weight excluding hydrogens is 352 g/mol. The SMILES string of the molecule is CCOc1ccccc1C(=O)N[C@@H]1CCN(c2cc(-c3ccccc3)[nH]n2)C1. The van der Waals surface area contributed by atoms with E-state index in [4.69, 9.17) is 4.74 Å². The summed E-state index contributed by atoms with van der Waals surface area (Å²) >= 11 is 0. The van der Waals surface area contributed by atoms with E-state index in [-0.39, 0.29) is 11.9 Å². The summed E-state index contributed by atoms with van der Waals surface area (Å²) in [7, 11) is 0. The number of H-pyrrole nitrogens is 1. The Morgan fingerprint density at radius 3 is 2.82 bits per heavy atom. The van der Waals surface area contributed by atoms with Crippen molar-refractivity contribution < 1.29 is 9.53 Å². The van der Waals surface area contributed by atoms with Crippen LogP contribution in [0.1, 0.15) is 23.7 Å². The number of hydrogen-bond acceptors (Lipinski definition) is 4. The molecule has 2 heterocycles. The van der Waals surface area contributed by atoms with Crippen molar-refractivity contribution in [1.82, 2.24) is 15.5 Å². The van der Waals surface area contributed by atoms with Crippen molar-refractivity contribution in [3.8, 4) is 17.0 Å². The molecule has 2 aromatic carbocycles. The van der Waals surface area contributed by atoms with E-state index >= 15 is 0 Å². The summed E-state index contributed by atoms with van der Waals surface area (Å²) in [5, 5.41) is 10.7. The number of benzene rings is 2. The van der Waals surface area contributed by atoms with Crippen LogP contribution >= 0.6 is 0 Å². The number of aromatic amines is 1. The third kappa shape index (κ3) is 3.86. The minimum atomic E-state index is -0.0945. The molecule has 3 aromatic rings. The van der Waals surface area contributed by atoms with Gasteiger partial charge < -0.3 is 15.0 Å². The van der Waals surface area contributed by atoms with Crippen molar-refractivity contribution in [2.24, 2.45) is 0 Å². The number of amides is 1. The van der Waals surface area contributed by atoms with Gasteiger partial charge in [0, 0.05) is 25.2 Å². The average molecular weight is 376 g/mol. The van der Waals surface area contributed by atoms with Gasteiger partial charge in [-0.1, -0.05) is 42.5 Å². The lowest BCUT2D eigenvalue weighted by Crippen LogP contribution is -2.37. The van der Waals surface area contributed by atoms with E-state index < -0.39 is 0 Å². The average Bonchev–Trinajstić information content (AvgIpc) is 3.39. The number of aromatic nitrogens is 2. The van der Waals surface area contributed by atoms with Crippen molar-refractivity contribution in [1.29, 1.82) is 0 Å². The maximum Gasteiger partial charge on any atom is 0.255 e. The Morgan fingerprint density at radius 2 is 2.00 bits per heavy atom. The number of rotatable bonds is 6. The monoisotopic (exact) mass is 376 g/mol. The third-order valence-corrected chi connectivity index (χ3v) is 4.93. The van der Waals surface area contributed by atoms with E-state index in [0.717, 1.165) is 36.6 Å². The highest BCUT2D eigenvalue weighted by molar-refractivity contribution is 5.97. The molecule has 0 unspecified atom stereocenters. The van der Waals surface area contributed by atoms with Gasteiger partial charge in [-0.3, -0.25) is 9.89 Å². The summed E-state index contributed by atoms with van der Waals surface area (Å²) in [5.41, 5.74) is 2.68. The lowest BCUT2D eigenvalue weighted by molar-refractivity contribution is 0.0936. The lowest BCUT2D eigenvalue weighted by Gasteiger charge is -2.17. The number of anilines is 1. The molecule has 1 fully saturated rings. The van der Waals surface area contributed by atoms with Crippen LogP contribution in [0.15, 0.2) is 60.7 Å². The van der Waals surface area contributed by atoms with E-state index in [9.17, 15) is 4.79 Å². The molecule has 6 heteroatoms. The van der Waals surface area contributed by atoms with Crippen LogP contribution in [0.2, 0.25) is 0 Å². The molecule has 0 saturated carbocycles. The Morgan fingerprint density at radius 1 is 1.21 bits per heavy atom. The molecule has 6 nitrogen and oxygen atoms in total. The molecular formula is C22H24N4O2. The third-order valence-electron chi connectivity index (χ3n) is 4.93. The fourth-order valence-corrected chi connectivity index (χ4v) is 3.52. The Kier molecular flexibility index (Phi) is 5.28. The van der Waals surface area contributed by atoms with E-state index in [1.54, 1.807) is 6.07 Å². The van der Waals surface area contributed by atoms with Gasteiger partial charge in [-0.2, -0.15) is 5.10 Å². The van der Waals surface area contributed by atoms with Crippen LogP contribution in [0.25, 0.3) is 11.3 Å². The number of carbonyl (C=O) groups is 1. The van der Waals surface area contributed by atoms with E-state index in [1.807, 2.05) is 43.3 Å². The Labute approximate surface area is 164 Å². The van der Waals surface area contributed by atoms with Gasteiger partial charge in [0.1, 0.15) is 5.75 Å². The highest BCUT2D eigenvalue weighted by Gasteiger charge is 2.26. The van der Waals surface area contributed by atoms with Gasteiger partial charge in [0.2, 0.25) is 0 Å². The van der Waals surface area contributed by atoms with Crippen LogP contribution in [0.4, 0.5) is 5.82 Å². The standard InChI is InChI=1S/C22H24N4O2/c1-2-28-20-11-7-6-10-18(20)22(27)23-17-12-13-26(15-17)21-14-19(24-25-21)16-8-4-3-5-9-16/h3-11,14,17H,2,12-13,15H2,1H3,(H,23,27)(H,24,25)/t17-/m1/s1. The molecule has 1 saturated heterocycles. The van der Waals surface area contributed by atoms with E-state index in [1.165, 1.54) is 0 Å². The predicted octanol–water partition coefficient (Wildman–Crippen LogP) is 3.48. The molecule has 0 aliphatic carbocycles. The van der Waals surface area contributed by atoms with Crippen LogP contribution in [0.3, 0.4) is 0 Å². The summed E-state index contributed by atoms with van der Waals surface area (Å²) < 4.78 is 5.57. The second-order valence-corrected chi connectivity index (χ2v) is 6.84. The smallest absolute Gasteiger partial charge is 0.255 e. The topological polar surface area (TPSA) is 70.2 Å². The minimum Gasteiger partial charge on any atom is -0.493 e. The Bertz CT molecular complexity index is 938. The van der Waals surface area contributed by atoms with Gasteiger partial charge in [-0.25, -0.2) is 0 Å². The number of ether oxygens (including phenoxy) is 1. The first-order valence-corrected chi connectivity index (χ1v) is 9.63. The van der Waals surface area contributed by atoms with Crippen molar-refractivity contribution in [2.45, 2.75) is 19.4 Å². The van der Waals surface area contributed by atoms with Crippen LogP contribution in [-0.2, 0) is 0 Å². The van der Waals surface area contributed by atoms with Gasteiger partial charge in [-0.15, -0.1) is 0 Å². The van der Waals surface area contributed by atoms with Crippen LogP contribution < -0.4 is 15.0 Å². The Hall–Kier alpha value is -3.28. The number of para-hydroxylation sites is 1. The normalized spacial score (nSPS) is 16.2. The first kappa shape index (κ1) is 18.1. The van der Waals surface area contributed by atoms with Gasteiger partial charge in [0.05, 0.1) is 17.9 Å². The fourth-order valence-electron chi connectivity index (χ4n) is 3.52. The molecule has 1 aromatic heterocycles. The number of carbonyl (C=O) groups excluding carboxylic acids is 1. The molecule has 1 aliphatic rings. The lowest BCUT2D eigenvalue weighted by atomic mass is 10.1. The fraction of sp³-hybridized carbons (Fsp3) is 0.273. The Balaban J connectivity index is 1.40. The number of nitrogens with one attached hydrogen (secondary N) is 2. The molecule has 0 bridgehead atoms. The molecule has 144 valence electrons. The largest absolute Gasteiger partial charge is 0.493 e. The van der Waals surface area contributed by atoms with Crippen molar-refractivity contribution in [2.75, 3.05) is 24.6 Å². The summed E-state index contributed by atoms with van der Waals surface area (Å²) in [5.74, 6) is 1.44. The van der Waals surface area contributed by atoms with E-state index in [0.29, 0.717) is 17.9 Å². The van der Waals surface area contributed by atoms with Crippen LogP contribution in [0.5, 0.6) is 5.75 Å². The maximum absolute atomic E-state index is 12.7. The molecule has 4 rings (SSSR count). The first-order chi connectivity index (χ1) is 13.7. The number of hydrogen-bond donors (Lipinski definition) is 2. The van der Waals surface area contributed by atoms with Crippen LogP contribution in [0, 0.1) is 0 Å². The van der Waals surface area contributed by atoms with Gasteiger partial charge in [0.25, 0.3) is 5.91 Å². The minimum absolute atomic E-state index is 0.0825. The summed E-state index contributed by atoms with van der Waals surface area (Å²) in [6.45, 7) is 4.04. The van der Waals surface area contributed by atoms with Crippen molar-refractivity contribution in [3.05, 3.63) is 66.2 Å². The highest BCUT2D eigenvalue weighted by Crippen LogP contribution is 2.25. The molecule has 2 N–H and O–H groups in total. The zero-order valence-corrected chi connectivity index (χ0v) is 15.9. The van der Waals surface area contributed by atoms with Gasteiger partial charge in [0.15, 0.2) is 5.82 Å². The molecule has 0 spiro atoms. The molecule has 1 aliphatic heterocycles. The van der Waals surface area contributed by atoms with E-state index in [2.05, 4.69) is 38.6 Å². The second-order valence-electron chi connectivity index (χ2n) is 6.84. The quantitative estimate of drug-likeness (QED) is 0.691. The summed E-state index contributed by atoms with van der Waals surface area (Å²) in [6, 6.07) is 19.6. The van der Waals surface area contributed by atoms with Gasteiger partial charge in [-0.05, 0) is 31.0 Å². The zero-order valence-electron chi connectivity index (χ0n) is 15.9. The molecule has 0 radical (unpaired) electrons. The highest BCUT2D eigenvalue weighted by atomic mass is 16.5. The summed E-state index contributed by atoms with van der Waals surface area (Å²) in [6.07, 6.45) is 0.885. The zero-order chi connectivity index (χ0) is 19.3. The number of nitrogens with zero attached hydrogens (tertiary/aromatic N) is 2. The van der Waals surface area contributed by atoms with Crippen molar-refractivity contribution >= 4 is 11.7 Å². The van der Waals surface area contributed by atoms with Crippen LogP contribution in [-0.4, -0.2) is 41.8 Å². The van der Waals surface area contributed by atoms with Gasteiger partial charge >= 0.3 is 0 Å². The predicted molar refractivity (Wildman–Crippen MR) is 110 cm³/mol.